The summed E-state index contributed by atoms with van der Waals surface area (Å²) < 4.78 is 15.8. The number of aromatic nitrogens is 1. The molecule has 1 amide bonds. The van der Waals surface area contributed by atoms with Gasteiger partial charge in [-0.3, -0.25) is 4.79 Å². The number of aryl methyl sites for hydroxylation is 1. The van der Waals surface area contributed by atoms with Gasteiger partial charge in [-0.15, -0.1) is 11.3 Å². The molecule has 0 spiro atoms. The molecule has 0 radical (unpaired) electrons. The van der Waals surface area contributed by atoms with Crippen LogP contribution in [0.25, 0.3) is 11.8 Å². The van der Waals surface area contributed by atoms with Crippen molar-refractivity contribution in [1.29, 1.82) is 10.5 Å². The van der Waals surface area contributed by atoms with Crippen LogP contribution in [0.5, 0.6) is 0 Å². The van der Waals surface area contributed by atoms with Gasteiger partial charge in [-0.25, -0.2) is 4.39 Å². The lowest BCUT2D eigenvalue weighted by atomic mass is 9.96. The molecule has 0 bridgehead atoms. The highest BCUT2D eigenvalue weighted by molar-refractivity contribution is 7.16. The summed E-state index contributed by atoms with van der Waals surface area (Å²) in [5, 5.41) is 22.3. The van der Waals surface area contributed by atoms with Crippen molar-refractivity contribution in [2.45, 2.75) is 25.7 Å². The summed E-state index contributed by atoms with van der Waals surface area (Å²) in [6, 6.07) is 13.8. The Kier molecular flexibility index (Phi) is 5.47. The number of para-hydroxylation sites is 1. The van der Waals surface area contributed by atoms with Gasteiger partial charge in [-0.1, -0.05) is 12.1 Å². The Morgan fingerprint density at radius 3 is 2.73 bits per heavy atom. The van der Waals surface area contributed by atoms with Crippen LogP contribution in [0.4, 0.5) is 9.39 Å². The standard InChI is InChI=1S/C23H17FN4OS/c24-19-8-2-3-9-20(19)28-11-5-6-16(28)12-15(13-25)22(29)27-23-18(14-26)17-7-1-4-10-21(17)30-23/h2-3,5-6,8-9,11-12H,1,4,7,10H2,(H,27,29)/b15-12+. The lowest BCUT2D eigenvalue weighted by molar-refractivity contribution is -0.112. The topological polar surface area (TPSA) is 81.6 Å². The predicted molar refractivity (Wildman–Crippen MR) is 114 cm³/mol. The van der Waals surface area contributed by atoms with E-state index in [1.807, 2.05) is 6.07 Å². The van der Waals surface area contributed by atoms with Gasteiger partial charge in [0.1, 0.15) is 28.5 Å². The number of benzene rings is 1. The van der Waals surface area contributed by atoms with Crippen LogP contribution in [0, 0.1) is 28.5 Å². The molecule has 2 aromatic heterocycles. The molecule has 4 rings (SSSR count). The third kappa shape index (κ3) is 3.63. The first-order valence-electron chi connectivity index (χ1n) is 9.52. The minimum Gasteiger partial charge on any atom is -0.314 e. The van der Waals surface area contributed by atoms with Crippen molar-refractivity contribution in [3.63, 3.8) is 0 Å². The molecule has 1 aliphatic rings. The number of fused-ring (bicyclic) bond motifs is 1. The molecule has 2 heterocycles. The Hall–Kier alpha value is -3.68. The second-order valence-electron chi connectivity index (χ2n) is 6.91. The Bertz CT molecular complexity index is 1240. The highest BCUT2D eigenvalue weighted by Crippen LogP contribution is 2.37. The van der Waals surface area contributed by atoms with Crippen LogP contribution < -0.4 is 5.32 Å². The number of carbonyl (C=O) groups is 1. The first kappa shape index (κ1) is 19.6. The molecule has 0 unspecified atom stereocenters. The van der Waals surface area contributed by atoms with Crippen molar-refractivity contribution in [3.8, 4) is 17.8 Å². The molecule has 30 heavy (non-hydrogen) atoms. The molecule has 0 saturated heterocycles. The average molecular weight is 416 g/mol. The van der Waals surface area contributed by atoms with E-state index >= 15 is 0 Å². The second kappa shape index (κ2) is 8.36. The smallest absolute Gasteiger partial charge is 0.267 e. The molecule has 5 nitrogen and oxygen atoms in total. The van der Waals surface area contributed by atoms with E-state index in [0.717, 1.165) is 36.1 Å². The summed E-state index contributed by atoms with van der Waals surface area (Å²) in [7, 11) is 0. The van der Waals surface area contributed by atoms with Gasteiger partial charge in [0.25, 0.3) is 5.91 Å². The minimum atomic E-state index is -0.589. The SMILES string of the molecule is N#C/C(=C\c1cccn1-c1ccccc1F)C(=O)Nc1sc2c(c1C#N)CCCC2. The summed E-state index contributed by atoms with van der Waals surface area (Å²) in [6.07, 6.45) is 6.92. The zero-order valence-corrected chi connectivity index (χ0v) is 16.8. The third-order valence-corrected chi connectivity index (χ3v) is 6.27. The summed E-state index contributed by atoms with van der Waals surface area (Å²) >= 11 is 1.41. The van der Waals surface area contributed by atoms with E-state index in [1.165, 1.54) is 23.5 Å². The highest BCUT2D eigenvalue weighted by Gasteiger charge is 2.23. The van der Waals surface area contributed by atoms with Crippen LogP contribution in [-0.2, 0) is 17.6 Å². The van der Waals surface area contributed by atoms with Gasteiger partial charge in [0.2, 0.25) is 0 Å². The molecular formula is C23H17FN4OS. The molecule has 148 valence electrons. The maximum Gasteiger partial charge on any atom is 0.267 e. The summed E-state index contributed by atoms with van der Waals surface area (Å²) in [5.41, 5.74) is 2.21. The second-order valence-corrected chi connectivity index (χ2v) is 8.01. The average Bonchev–Trinajstić information content (AvgIpc) is 3.35. The van der Waals surface area contributed by atoms with Gasteiger partial charge in [0.15, 0.2) is 0 Å². The van der Waals surface area contributed by atoms with E-state index in [0.29, 0.717) is 21.9 Å². The van der Waals surface area contributed by atoms with Gasteiger partial charge < -0.3 is 9.88 Å². The molecule has 1 aliphatic carbocycles. The zero-order chi connectivity index (χ0) is 21.1. The number of thiophene rings is 1. The molecule has 0 saturated carbocycles. The number of hydrogen-bond donors (Lipinski definition) is 1. The molecule has 3 aromatic rings. The fourth-order valence-electron chi connectivity index (χ4n) is 3.62. The lowest BCUT2D eigenvalue weighted by Gasteiger charge is -2.09. The van der Waals surface area contributed by atoms with Crippen molar-refractivity contribution in [1.82, 2.24) is 4.57 Å². The number of carbonyl (C=O) groups excluding carboxylic acids is 1. The Morgan fingerprint density at radius 1 is 1.17 bits per heavy atom. The fraction of sp³-hybridized carbons (Fsp3) is 0.174. The number of halogens is 1. The van der Waals surface area contributed by atoms with Crippen LogP contribution >= 0.6 is 11.3 Å². The monoisotopic (exact) mass is 416 g/mol. The maximum atomic E-state index is 14.2. The highest BCUT2D eigenvalue weighted by atomic mass is 32.1. The molecule has 0 atom stereocenters. The molecular weight excluding hydrogens is 399 g/mol. The number of nitrogens with one attached hydrogen (secondary N) is 1. The lowest BCUT2D eigenvalue weighted by Crippen LogP contribution is -2.13. The van der Waals surface area contributed by atoms with E-state index in [2.05, 4.69) is 11.4 Å². The van der Waals surface area contributed by atoms with Crippen molar-refractivity contribution < 1.29 is 9.18 Å². The zero-order valence-electron chi connectivity index (χ0n) is 16.0. The first-order valence-corrected chi connectivity index (χ1v) is 10.3. The van der Waals surface area contributed by atoms with Crippen molar-refractivity contribution in [3.05, 3.63) is 75.7 Å². The van der Waals surface area contributed by atoms with Gasteiger partial charge in [-0.2, -0.15) is 10.5 Å². The number of anilines is 1. The molecule has 1 N–H and O–H groups in total. The Labute approximate surface area is 177 Å². The molecule has 0 fully saturated rings. The Morgan fingerprint density at radius 2 is 1.97 bits per heavy atom. The van der Waals surface area contributed by atoms with Crippen LogP contribution in [0.15, 0.2) is 48.2 Å². The number of nitriles is 2. The van der Waals surface area contributed by atoms with Gasteiger partial charge in [-0.05, 0) is 61.6 Å². The third-order valence-electron chi connectivity index (χ3n) is 5.06. The van der Waals surface area contributed by atoms with E-state index in [-0.39, 0.29) is 5.57 Å². The van der Waals surface area contributed by atoms with Crippen LogP contribution in [0.3, 0.4) is 0 Å². The van der Waals surface area contributed by atoms with Crippen molar-refractivity contribution in [2.24, 2.45) is 0 Å². The fourth-order valence-corrected chi connectivity index (χ4v) is 4.85. The predicted octanol–water partition coefficient (Wildman–Crippen LogP) is 4.97. The Balaban J connectivity index is 1.64. The van der Waals surface area contributed by atoms with Crippen LogP contribution in [-0.4, -0.2) is 10.5 Å². The number of amides is 1. The van der Waals surface area contributed by atoms with Crippen molar-refractivity contribution in [2.75, 3.05) is 5.32 Å². The largest absolute Gasteiger partial charge is 0.314 e. The van der Waals surface area contributed by atoms with Crippen LogP contribution in [0.2, 0.25) is 0 Å². The maximum absolute atomic E-state index is 14.2. The quantitative estimate of drug-likeness (QED) is 0.481. The number of hydrogen-bond acceptors (Lipinski definition) is 4. The number of nitrogens with zero attached hydrogens (tertiary/aromatic N) is 3. The van der Waals surface area contributed by atoms with E-state index in [1.54, 1.807) is 41.1 Å². The van der Waals surface area contributed by atoms with Crippen LogP contribution in [0.1, 0.15) is 34.5 Å². The van der Waals surface area contributed by atoms with E-state index in [9.17, 15) is 19.7 Å². The van der Waals surface area contributed by atoms with Gasteiger partial charge >= 0.3 is 0 Å². The van der Waals surface area contributed by atoms with E-state index in [4.69, 9.17) is 0 Å². The molecule has 7 heteroatoms. The van der Waals surface area contributed by atoms with E-state index < -0.39 is 11.7 Å². The molecule has 1 aromatic carbocycles. The molecule has 0 aliphatic heterocycles. The summed E-state index contributed by atoms with van der Waals surface area (Å²) in [4.78, 5) is 13.9. The van der Waals surface area contributed by atoms with Crippen molar-refractivity contribution >= 4 is 28.3 Å². The first-order chi connectivity index (χ1) is 14.6. The summed E-state index contributed by atoms with van der Waals surface area (Å²) in [6.45, 7) is 0. The van der Waals surface area contributed by atoms with Gasteiger partial charge in [0.05, 0.1) is 11.3 Å². The minimum absolute atomic E-state index is 0.124. The normalized spacial score (nSPS) is 13.2. The van der Waals surface area contributed by atoms with Gasteiger partial charge in [0, 0.05) is 16.8 Å². The summed E-state index contributed by atoms with van der Waals surface area (Å²) in [5.74, 6) is -0.997. The number of rotatable bonds is 4.